The van der Waals surface area contributed by atoms with Crippen LogP contribution in [-0.4, -0.2) is 20.2 Å². The Morgan fingerprint density at radius 2 is 2.00 bits per heavy atom. The highest BCUT2D eigenvalue weighted by atomic mass is 19.3. The molecule has 0 amide bonds. The summed E-state index contributed by atoms with van der Waals surface area (Å²) in [6.45, 7) is 0.732. The van der Waals surface area contributed by atoms with Gasteiger partial charge >= 0.3 is 0 Å². The Hall–Kier alpha value is -1.16. The molecule has 0 aliphatic carbocycles. The quantitative estimate of drug-likeness (QED) is 0.829. The molecule has 0 bridgehead atoms. The first-order valence-corrected chi connectivity index (χ1v) is 4.88. The normalized spacial score (nSPS) is 17.3. The second kappa shape index (κ2) is 3.77. The largest absolute Gasteiger partial charge is 0.496 e. The van der Waals surface area contributed by atoms with Gasteiger partial charge in [0.15, 0.2) is 0 Å². The molecule has 0 radical (unpaired) electrons. The van der Waals surface area contributed by atoms with E-state index in [-0.39, 0.29) is 11.3 Å². The van der Waals surface area contributed by atoms with Crippen molar-refractivity contribution in [1.82, 2.24) is 5.32 Å². The Kier molecular flexibility index (Phi) is 2.61. The molecule has 4 heteroatoms. The summed E-state index contributed by atoms with van der Waals surface area (Å²) in [5.74, 6) is -3.17. The number of ether oxygens (including phenoxy) is 1. The summed E-state index contributed by atoms with van der Waals surface area (Å²) >= 11 is 0. The Labute approximate surface area is 87.2 Å². The van der Waals surface area contributed by atoms with Crippen LogP contribution in [0.2, 0.25) is 0 Å². The first-order valence-electron chi connectivity index (χ1n) is 4.88. The number of hydrogen-bond donors (Lipinski definition) is 1. The lowest BCUT2D eigenvalue weighted by molar-refractivity contribution is -0.0848. The second-order valence-corrected chi connectivity index (χ2v) is 3.68. The number of para-hydroxylation sites is 1. The van der Waals surface area contributed by atoms with Crippen LogP contribution in [0, 0.1) is 5.92 Å². The molecule has 82 valence electrons. The zero-order chi connectivity index (χ0) is 10.9. The highest BCUT2D eigenvalue weighted by Crippen LogP contribution is 2.42. The van der Waals surface area contributed by atoms with Gasteiger partial charge in [-0.1, -0.05) is 12.1 Å². The average Bonchev–Trinajstić information content (AvgIpc) is 2.14. The molecule has 1 aliphatic heterocycles. The molecule has 2 nitrogen and oxygen atoms in total. The van der Waals surface area contributed by atoms with Gasteiger partial charge in [0.25, 0.3) is 5.92 Å². The summed E-state index contributed by atoms with van der Waals surface area (Å²) in [4.78, 5) is 0. The summed E-state index contributed by atoms with van der Waals surface area (Å²) < 4.78 is 32.8. The maximum atomic E-state index is 13.9. The Bertz CT molecular complexity index is 350. The fourth-order valence-electron chi connectivity index (χ4n) is 1.68. The molecule has 1 saturated heterocycles. The van der Waals surface area contributed by atoms with Gasteiger partial charge in [0.05, 0.1) is 18.6 Å². The molecule has 0 saturated carbocycles. The van der Waals surface area contributed by atoms with E-state index in [1.54, 1.807) is 18.2 Å². The highest BCUT2D eigenvalue weighted by molar-refractivity contribution is 5.37. The molecule has 1 aliphatic rings. The molecule has 1 N–H and O–H groups in total. The van der Waals surface area contributed by atoms with Crippen molar-refractivity contribution < 1.29 is 13.5 Å². The van der Waals surface area contributed by atoms with Gasteiger partial charge < -0.3 is 10.1 Å². The van der Waals surface area contributed by atoms with Crippen LogP contribution in [0.5, 0.6) is 5.75 Å². The third-order valence-electron chi connectivity index (χ3n) is 2.76. The topological polar surface area (TPSA) is 21.3 Å². The van der Waals surface area contributed by atoms with E-state index in [1.165, 1.54) is 13.2 Å². The van der Waals surface area contributed by atoms with Crippen molar-refractivity contribution in [3.05, 3.63) is 29.8 Å². The molecule has 2 rings (SSSR count). The standard InChI is InChI=1S/C11H13F2NO/c1-15-10-5-3-2-4-9(10)11(12,13)8-6-14-7-8/h2-5,8,14H,6-7H2,1H3. The van der Waals surface area contributed by atoms with Crippen LogP contribution in [0.15, 0.2) is 24.3 Å². The van der Waals surface area contributed by atoms with E-state index >= 15 is 0 Å². The van der Waals surface area contributed by atoms with E-state index in [9.17, 15) is 8.78 Å². The Morgan fingerprint density at radius 1 is 1.33 bits per heavy atom. The molecular formula is C11H13F2NO. The van der Waals surface area contributed by atoms with Crippen LogP contribution in [0.25, 0.3) is 0 Å². The van der Waals surface area contributed by atoms with Crippen molar-refractivity contribution in [3.63, 3.8) is 0 Å². The van der Waals surface area contributed by atoms with Crippen LogP contribution in [0.3, 0.4) is 0 Å². The summed E-state index contributed by atoms with van der Waals surface area (Å²) in [7, 11) is 1.41. The molecule has 0 spiro atoms. The zero-order valence-electron chi connectivity index (χ0n) is 8.47. The van der Waals surface area contributed by atoms with E-state index in [2.05, 4.69) is 5.32 Å². The monoisotopic (exact) mass is 213 g/mol. The summed E-state index contributed by atoms with van der Waals surface area (Å²) in [5, 5.41) is 2.85. The van der Waals surface area contributed by atoms with Crippen molar-refractivity contribution in [2.75, 3.05) is 20.2 Å². The van der Waals surface area contributed by atoms with Crippen molar-refractivity contribution in [2.24, 2.45) is 5.92 Å². The molecular weight excluding hydrogens is 200 g/mol. The highest BCUT2D eigenvalue weighted by Gasteiger charge is 2.46. The number of halogens is 2. The fraction of sp³-hybridized carbons (Fsp3) is 0.455. The summed E-state index contributed by atoms with van der Waals surface area (Å²) in [6.07, 6.45) is 0. The zero-order valence-corrected chi connectivity index (χ0v) is 8.47. The van der Waals surface area contributed by atoms with Gasteiger partial charge in [-0.05, 0) is 12.1 Å². The molecule has 0 unspecified atom stereocenters. The van der Waals surface area contributed by atoms with Crippen molar-refractivity contribution in [3.8, 4) is 5.75 Å². The number of benzene rings is 1. The summed E-state index contributed by atoms with van der Waals surface area (Å²) in [5.41, 5.74) is -0.0148. The van der Waals surface area contributed by atoms with Crippen LogP contribution in [0.4, 0.5) is 8.78 Å². The minimum atomic E-state index is -2.81. The maximum absolute atomic E-state index is 13.9. The van der Waals surface area contributed by atoms with E-state index in [0.29, 0.717) is 13.1 Å². The maximum Gasteiger partial charge on any atom is 0.281 e. The van der Waals surface area contributed by atoms with Gasteiger partial charge in [-0.15, -0.1) is 0 Å². The lowest BCUT2D eigenvalue weighted by Crippen LogP contribution is -2.50. The lowest BCUT2D eigenvalue weighted by Gasteiger charge is -2.35. The van der Waals surface area contributed by atoms with Crippen LogP contribution in [0.1, 0.15) is 5.56 Å². The second-order valence-electron chi connectivity index (χ2n) is 3.68. The number of alkyl halides is 2. The van der Waals surface area contributed by atoms with Crippen LogP contribution >= 0.6 is 0 Å². The van der Waals surface area contributed by atoms with Crippen molar-refractivity contribution >= 4 is 0 Å². The van der Waals surface area contributed by atoms with Gasteiger partial charge in [-0.3, -0.25) is 0 Å². The van der Waals surface area contributed by atoms with Crippen molar-refractivity contribution in [2.45, 2.75) is 5.92 Å². The number of methoxy groups -OCH3 is 1. The average molecular weight is 213 g/mol. The molecule has 1 fully saturated rings. The number of hydrogen-bond acceptors (Lipinski definition) is 2. The number of rotatable bonds is 3. The SMILES string of the molecule is COc1ccccc1C(F)(F)C1CNC1. The van der Waals surface area contributed by atoms with Crippen LogP contribution < -0.4 is 10.1 Å². The Morgan fingerprint density at radius 3 is 2.53 bits per heavy atom. The lowest BCUT2D eigenvalue weighted by atomic mass is 9.89. The third-order valence-corrected chi connectivity index (χ3v) is 2.76. The first kappa shape index (κ1) is 10.4. The van der Waals surface area contributed by atoms with E-state index in [1.807, 2.05) is 0 Å². The molecule has 0 atom stereocenters. The molecule has 15 heavy (non-hydrogen) atoms. The minimum Gasteiger partial charge on any atom is -0.496 e. The van der Waals surface area contributed by atoms with Crippen LogP contribution in [-0.2, 0) is 5.92 Å². The summed E-state index contributed by atoms with van der Waals surface area (Å²) in [6, 6.07) is 6.29. The van der Waals surface area contributed by atoms with E-state index < -0.39 is 11.8 Å². The minimum absolute atomic E-state index is 0.0148. The Balaban J connectivity index is 2.34. The predicted octanol–water partition coefficient (Wildman–Crippen LogP) is 2.01. The molecule has 1 aromatic carbocycles. The molecule has 1 aromatic rings. The van der Waals surface area contributed by atoms with Crippen molar-refractivity contribution in [1.29, 1.82) is 0 Å². The number of nitrogens with one attached hydrogen (secondary N) is 1. The fourth-order valence-corrected chi connectivity index (χ4v) is 1.68. The smallest absolute Gasteiger partial charge is 0.281 e. The van der Waals surface area contributed by atoms with E-state index in [4.69, 9.17) is 4.74 Å². The van der Waals surface area contributed by atoms with E-state index in [0.717, 1.165) is 0 Å². The van der Waals surface area contributed by atoms with Gasteiger partial charge in [0, 0.05) is 13.1 Å². The first-order chi connectivity index (χ1) is 7.16. The van der Waals surface area contributed by atoms with Gasteiger partial charge in [0.2, 0.25) is 0 Å². The predicted molar refractivity (Wildman–Crippen MR) is 53.2 cm³/mol. The van der Waals surface area contributed by atoms with Gasteiger partial charge in [0.1, 0.15) is 5.75 Å². The molecule has 1 heterocycles. The van der Waals surface area contributed by atoms with Gasteiger partial charge in [-0.2, -0.15) is 0 Å². The molecule has 0 aromatic heterocycles. The van der Waals surface area contributed by atoms with Gasteiger partial charge in [-0.25, -0.2) is 8.78 Å². The third kappa shape index (κ3) is 1.69.